The lowest BCUT2D eigenvalue weighted by Crippen LogP contribution is -2.42. The van der Waals surface area contributed by atoms with Crippen molar-refractivity contribution < 1.29 is 27.1 Å². The number of hydrogen-bond donors (Lipinski definition) is 2. The Bertz CT molecular complexity index is 1090. The van der Waals surface area contributed by atoms with Crippen molar-refractivity contribution in [3.8, 4) is 0 Å². The second-order valence-electron chi connectivity index (χ2n) is 7.07. The molecule has 0 aliphatic heterocycles. The van der Waals surface area contributed by atoms with Crippen molar-refractivity contribution in [2.75, 3.05) is 0 Å². The SMILES string of the molecule is C[C@H](NS(=O)(=O)c1ccc(Cl)c(Cl)c1)C(=O)OC(C(=O)NC1CC1)c1ccc(F)cc1. The third-order valence-electron chi connectivity index (χ3n) is 4.46. The van der Waals surface area contributed by atoms with Gasteiger partial charge in [0, 0.05) is 11.6 Å². The Kier molecular flexibility index (Phi) is 7.20. The number of ether oxygens (including phenoxy) is 1. The van der Waals surface area contributed by atoms with Gasteiger partial charge in [-0.15, -0.1) is 0 Å². The first-order chi connectivity index (χ1) is 14.6. The van der Waals surface area contributed by atoms with Crippen LogP contribution in [0.2, 0.25) is 10.0 Å². The summed E-state index contributed by atoms with van der Waals surface area (Å²) in [4.78, 5) is 25.0. The Morgan fingerprint density at radius 1 is 1.10 bits per heavy atom. The van der Waals surface area contributed by atoms with Crippen LogP contribution in [0.25, 0.3) is 0 Å². The van der Waals surface area contributed by atoms with E-state index in [-0.39, 0.29) is 26.5 Å². The quantitative estimate of drug-likeness (QED) is 0.554. The van der Waals surface area contributed by atoms with Gasteiger partial charge in [-0.2, -0.15) is 4.72 Å². The average molecular weight is 489 g/mol. The largest absolute Gasteiger partial charge is 0.446 e. The zero-order valence-electron chi connectivity index (χ0n) is 16.3. The fourth-order valence-electron chi connectivity index (χ4n) is 2.63. The van der Waals surface area contributed by atoms with Gasteiger partial charge in [0.05, 0.1) is 14.9 Å². The predicted molar refractivity (Wildman–Crippen MR) is 113 cm³/mol. The van der Waals surface area contributed by atoms with Gasteiger partial charge in [0.1, 0.15) is 11.9 Å². The van der Waals surface area contributed by atoms with Crippen LogP contribution in [0, 0.1) is 5.82 Å². The van der Waals surface area contributed by atoms with Crippen molar-refractivity contribution >= 4 is 45.1 Å². The molecule has 31 heavy (non-hydrogen) atoms. The molecular weight excluding hydrogens is 470 g/mol. The highest BCUT2D eigenvalue weighted by atomic mass is 35.5. The van der Waals surface area contributed by atoms with Gasteiger partial charge < -0.3 is 10.1 Å². The first-order valence-corrected chi connectivity index (χ1v) is 11.5. The molecule has 2 N–H and O–H groups in total. The minimum absolute atomic E-state index is 0.000250. The van der Waals surface area contributed by atoms with Gasteiger partial charge in [0.2, 0.25) is 16.1 Å². The first-order valence-electron chi connectivity index (χ1n) is 9.30. The van der Waals surface area contributed by atoms with E-state index >= 15 is 0 Å². The summed E-state index contributed by atoms with van der Waals surface area (Å²) in [5, 5.41) is 2.93. The second kappa shape index (κ2) is 9.52. The lowest BCUT2D eigenvalue weighted by atomic mass is 10.1. The van der Waals surface area contributed by atoms with Crippen LogP contribution in [0.4, 0.5) is 4.39 Å². The summed E-state index contributed by atoms with van der Waals surface area (Å²) < 4.78 is 45.8. The number of nitrogens with one attached hydrogen (secondary N) is 2. The molecule has 2 atom stereocenters. The summed E-state index contributed by atoms with van der Waals surface area (Å²) in [6.45, 7) is 1.28. The van der Waals surface area contributed by atoms with Crippen LogP contribution >= 0.6 is 23.2 Å². The highest BCUT2D eigenvalue weighted by molar-refractivity contribution is 7.89. The molecule has 1 aliphatic rings. The molecule has 0 aromatic heterocycles. The van der Waals surface area contributed by atoms with Gasteiger partial charge in [0.25, 0.3) is 5.91 Å². The molecular formula is C20H19Cl2FN2O5S. The Balaban J connectivity index is 1.74. The number of carbonyl (C=O) groups excluding carboxylic acids is 2. The van der Waals surface area contributed by atoms with Gasteiger partial charge in [0.15, 0.2) is 0 Å². The number of carbonyl (C=O) groups is 2. The molecule has 0 radical (unpaired) electrons. The van der Waals surface area contributed by atoms with Gasteiger partial charge >= 0.3 is 5.97 Å². The van der Waals surface area contributed by atoms with Crippen molar-refractivity contribution in [1.29, 1.82) is 0 Å². The van der Waals surface area contributed by atoms with Crippen LogP contribution in [0.3, 0.4) is 0 Å². The highest BCUT2D eigenvalue weighted by Crippen LogP contribution is 2.26. The molecule has 166 valence electrons. The van der Waals surface area contributed by atoms with E-state index in [0.717, 1.165) is 31.0 Å². The molecule has 0 bridgehead atoms. The summed E-state index contributed by atoms with van der Waals surface area (Å²) in [7, 11) is -4.12. The minimum Gasteiger partial charge on any atom is -0.446 e. The Hall–Kier alpha value is -2.20. The van der Waals surface area contributed by atoms with Gasteiger partial charge in [-0.1, -0.05) is 35.3 Å². The summed E-state index contributed by atoms with van der Waals surface area (Å²) in [6, 6.07) is 7.29. The molecule has 1 fully saturated rings. The van der Waals surface area contributed by atoms with E-state index in [9.17, 15) is 22.4 Å². The lowest BCUT2D eigenvalue weighted by Gasteiger charge is -2.21. The molecule has 0 heterocycles. The topological polar surface area (TPSA) is 102 Å². The third kappa shape index (κ3) is 6.16. The van der Waals surface area contributed by atoms with Crippen LogP contribution < -0.4 is 10.0 Å². The smallest absolute Gasteiger partial charge is 0.325 e. The summed E-state index contributed by atoms with van der Waals surface area (Å²) in [5.74, 6) is -2.06. The molecule has 2 aromatic rings. The molecule has 1 amide bonds. The van der Waals surface area contributed by atoms with Crippen molar-refractivity contribution in [1.82, 2.24) is 10.0 Å². The maximum atomic E-state index is 13.3. The molecule has 0 saturated heterocycles. The number of sulfonamides is 1. The second-order valence-corrected chi connectivity index (χ2v) is 9.60. The molecule has 1 unspecified atom stereocenters. The fourth-order valence-corrected chi connectivity index (χ4v) is 4.21. The lowest BCUT2D eigenvalue weighted by molar-refractivity contribution is -0.157. The third-order valence-corrected chi connectivity index (χ3v) is 6.73. The van der Waals surface area contributed by atoms with E-state index in [2.05, 4.69) is 10.0 Å². The summed E-state index contributed by atoms with van der Waals surface area (Å²) in [5.41, 5.74) is 0.257. The van der Waals surface area contributed by atoms with E-state index in [0.29, 0.717) is 0 Å². The molecule has 1 aliphatic carbocycles. The van der Waals surface area contributed by atoms with E-state index in [4.69, 9.17) is 27.9 Å². The monoisotopic (exact) mass is 488 g/mol. The first kappa shape index (κ1) is 23.5. The fraction of sp³-hybridized carbons (Fsp3) is 0.300. The average Bonchev–Trinajstić information content (AvgIpc) is 3.52. The number of amides is 1. The Labute approximate surface area is 188 Å². The van der Waals surface area contributed by atoms with E-state index in [1.807, 2.05) is 0 Å². The molecule has 0 spiro atoms. The van der Waals surface area contributed by atoms with Crippen molar-refractivity contribution in [3.63, 3.8) is 0 Å². The number of benzene rings is 2. The van der Waals surface area contributed by atoms with E-state index in [1.165, 1.54) is 31.2 Å². The van der Waals surface area contributed by atoms with Crippen LogP contribution in [-0.4, -0.2) is 32.4 Å². The highest BCUT2D eigenvalue weighted by Gasteiger charge is 2.33. The van der Waals surface area contributed by atoms with Crippen LogP contribution in [-0.2, 0) is 24.3 Å². The number of rotatable bonds is 8. The van der Waals surface area contributed by atoms with Gasteiger partial charge in [-0.3, -0.25) is 9.59 Å². The zero-order valence-corrected chi connectivity index (χ0v) is 18.6. The van der Waals surface area contributed by atoms with Crippen LogP contribution in [0.1, 0.15) is 31.4 Å². The normalized spacial score (nSPS) is 15.7. The Morgan fingerprint density at radius 3 is 2.32 bits per heavy atom. The van der Waals surface area contributed by atoms with Gasteiger partial charge in [-0.05, 0) is 50.1 Å². The molecule has 3 rings (SSSR count). The number of esters is 1. The maximum Gasteiger partial charge on any atom is 0.325 e. The molecule has 7 nitrogen and oxygen atoms in total. The number of halogens is 3. The maximum absolute atomic E-state index is 13.3. The summed E-state index contributed by atoms with van der Waals surface area (Å²) in [6.07, 6.45) is 0.274. The van der Waals surface area contributed by atoms with Crippen molar-refractivity contribution in [2.45, 2.75) is 42.8 Å². The Morgan fingerprint density at radius 2 is 1.74 bits per heavy atom. The minimum atomic E-state index is -4.12. The molecule has 2 aromatic carbocycles. The zero-order chi connectivity index (χ0) is 22.8. The standard InChI is InChI=1S/C20H19Cl2FN2O5S/c1-11(25-31(28,29)15-8-9-16(21)17(22)10-15)20(27)30-18(19(26)24-14-6-7-14)12-2-4-13(23)5-3-12/h2-5,8-11,14,18,25H,6-7H2,1H3,(H,24,26)/t11-,18?/m0/s1. The van der Waals surface area contributed by atoms with Crippen LogP contribution in [0.15, 0.2) is 47.4 Å². The number of hydrogen-bond acceptors (Lipinski definition) is 5. The predicted octanol–water partition coefficient (Wildman–Crippen LogP) is 3.36. The van der Waals surface area contributed by atoms with E-state index < -0.39 is 39.9 Å². The van der Waals surface area contributed by atoms with E-state index in [1.54, 1.807) is 0 Å². The van der Waals surface area contributed by atoms with Crippen molar-refractivity contribution in [3.05, 3.63) is 63.9 Å². The van der Waals surface area contributed by atoms with Gasteiger partial charge in [-0.25, -0.2) is 12.8 Å². The molecule has 11 heteroatoms. The van der Waals surface area contributed by atoms with Crippen LogP contribution in [0.5, 0.6) is 0 Å². The molecule has 1 saturated carbocycles. The van der Waals surface area contributed by atoms with Crippen molar-refractivity contribution in [2.24, 2.45) is 0 Å². The summed E-state index contributed by atoms with van der Waals surface area (Å²) >= 11 is 11.7.